The number of rotatable bonds is 4. The molecule has 0 aliphatic rings. The van der Waals surface area contributed by atoms with Crippen molar-refractivity contribution in [2.75, 3.05) is 13.7 Å². The van der Waals surface area contributed by atoms with E-state index in [1.54, 1.807) is 13.2 Å². The molecule has 0 aliphatic carbocycles. The predicted molar refractivity (Wildman–Crippen MR) is 55.1 cm³/mol. The number of halogens is 1. The quantitative estimate of drug-likeness (QED) is 0.801. The summed E-state index contributed by atoms with van der Waals surface area (Å²) in [7, 11) is 1.56. The molecule has 78 valence electrons. The second kappa shape index (κ2) is 4.96. The van der Waals surface area contributed by atoms with Crippen LogP contribution in [0.5, 0.6) is 5.75 Å². The summed E-state index contributed by atoms with van der Waals surface area (Å²) in [5, 5.41) is 0. The van der Waals surface area contributed by atoms with Gasteiger partial charge in [-0.05, 0) is 37.9 Å². The van der Waals surface area contributed by atoms with Crippen molar-refractivity contribution in [1.29, 1.82) is 0 Å². The summed E-state index contributed by atoms with van der Waals surface area (Å²) in [4.78, 5) is 0. The fourth-order valence-electron chi connectivity index (χ4n) is 1.52. The second-order valence-electron chi connectivity index (χ2n) is 3.27. The molecule has 1 aromatic rings. The van der Waals surface area contributed by atoms with Crippen molar-refractivity contribution in [3.63, 3.8) is 0 Å². The van der Waals surface area contributed by atoms with Crippen molar-refractivity contribution in [2.45, 2.75) is 19.8 Å². The molecule has 0 unspecified atom stereocenters. The predicted octanol–water partition coefficient (Wildman–Crippen LogP) is 2.03. The maximum Gasteiger partial charge on any atom is 0.130 e. The van der Waals surface area contributed by atoms with Crippen LogP contribution in [0, 0.1) is 12.7 Å². The first-order valence-corrected chi connectivity index (χ1v) is 4.72. The van der Waals surface area contributed by atoms with Crippen molar-refractivity contribution >= 4 is 0 Å². The van der Waals surface area contributed by atoms with Gasteiger partial charge in [0.25, 0.3) is 0 Å². The second-order valence-corrected chi connectivity index (χ2v) is 3.27. The van der Waals surface area contributed by atoms with Gasteiger partial charge in [-0.15, -0.1) is 0 Å². The van der Waals surface area contributed by atoms with Gasteiger partial charge in [0.1, 0.15) is 11.6 Å². The number of nitrogens with two attached hydrogens (primary N) is 1. The summed E-state index contributed by atoms with van der Waals surface area (Å²) in [6.45, 7) is 2.47. The van der Waals surface area contributed by atoms with E-state index in [2.05, 4.69) is 0 Å². The smallest absolute Gasteiger partial charge is 0.130 e. The molecule has 0 bridgehead atoms. The average molecular weight is 197 g/mol. The Labute approximate surface area is 83.9 Å². The zero-order valence-electron chi connectivity index (χ0n) is 8.64. The molecule has 0 saturated heterocycles. The van der Waals surface area contributed by atoms with Gasteiger partial charge in [0.05, 0.1) is 7.11 Å². The van der Waals surface area contributed by atoms with E-state index < -0.39 is 0 Å². The Kier molecular flexibility index (Phi) is 3.89. The molecule has 0 fully saturated rings. The lowest BCUT2D eigenvalue weighted by Crippen LogP contribution is -2.04. The minimum atomic E-state index is -0.207. The first-order valence-electron chi connectivity index (χ1n) is 4.72. The molecule has 0 aliphatic heterocycles. The largest absolute Gasteiger partial charge is 0.496 e. The Morgan fingerprint density at radius 2 is 2.14 bits per heavy atom. The fraction of sp³-hybridized carbons (Fsp3) is 0.455. The van der Waals surface area contributed by atoms with E-state index in [0.717, 1.165) is 12.0 Å². The first kappa shape index (κ1) is 11.0. The van der Waals surface area contributed by atoms with Crippen LogP contribution >= 0.6 is 0 Å². The summed E-state index contributed by atoms with van der Waals surface area (Å²) in [6.07, 6.45) is 1.41. The van der Waals surface area contributed by atoms with Gasteiger partial charge < -0.3 is 10.5 Å². The van der Waals surface area contributed by atoms with Crippen LogP contribution in [0.15, 0.2) is 12.1 Å². The number of hydrogen-bond acceptors (Lipinski definition) is 2. The van der Waals surface area contributed by atoms with Gasteiger partial charge in [-0.3, -0.25) is 0 Å². The summed E-state index contributed by atoms with van der Waals surface area (Å²) >= 11 is 0. The number of benzene rings is 1. The third kappa shape index (κ3) is 2.23. The third-order valence-electron chi connectivity index (χ3n) is 2.24. The number of hydrogen-bond donors (Lipinski definition) is 1. The Hall–Kier alpha value is -1.09. The summed E-state index contributed by atoms with van der Waals surface area (Å²) in [5.74, 6) is 0.444. The summed E-state index contributed by atoms with van der Waals surface area (Å²) in [5.41, 5.74) is 6.99. The lowest BCUT2D eigenvalue weighted by Gasteiger charge is -2.11. The fourth-order valence-corrected chi connectivity index (χ4v) is 1.52. The molecule has 0 amide bonds. The van der Waals surface area contributed by atoms with E-state index in [-0.39, 0.29) is 5.82 Å². The van der Waals surface area contributed by atoms with E-state index >= 15 is 0 Å². The van der Waals surface area contributed by atoms with Crippen LogP contribution in [0.25, 0.3) is 0 Å². The van der Waals surface area contributed by atoms with Crippen LogP contribution in [-0.4, -0.2) is 13.7 Å². The first-order chi connectivity index (χ1) is 6.70. The minimum absolute atomic E-state index is 0.207. The molecule has 0 saturated carbocycles. The highest BCUT2D eigenvalue weighted by molar-refractivity contribution is 5.41. The molecule has 1 rings (SSSR count). The number of methoxy groups -OCH3 is 1. The van der Waals surface area contributed by atoms with Gasteiger partial charge in [-0.1, -0.05) is 6.07 Å². The van der Waals surface area contributed by atoms with E-state index in [9.17, 15) is 4.39 Å². The van der Waals surface area contributed by atoms with Gasteiger partial charge in [0, 0.05) is 5.56 Å². The van der Waals surface area contributed by atoms with Crippen LogP contribution in [0.1, 0.15) is 17.5 Å². The van der Waals surface area contributed by atoms with Crippen LogP contribution in [0.3, 0.4) is 0 Å². The molecule has 0 spiro atoms. The molecule has 1 aromatic carbocycles. The van der Waals surface area contributed by atoms with Crippen molar-refractivity contribution in [3.8, 4) is 5.75 Å². The molecule has 2 N–H and O–H groups in total. The lowest BCUT2D eigenvalue weighted by atomic mass is 10.0. The maximum absolute atomic E-state index is 13.4. The molecule has 3 heteroatoms. The highest BCUT2D eigenvalue weighted by atomic mass is 19.1. The van der Waals surface area contributed by atoms with E-state index in [1.807, 2.05) is 6.92 Å². The molecule has 0 radical (unpaired) electrons. The molecule has 0 aromatic heterocycles. The SMILES string of the molecule is COc1c(C)ccc(F)c1CCCN. The average Bonchev–Trinajstić information content (AvgIpc) is 2.19. The van der Waals surface area contributed by atoms with Gasteiger partial charge in [0.2, 0.25) is 0 Å². The molecule has 0 atom stereocenters. The highest BCUT2D eigenvalue weighted by Crippen LogP contribution is 2.26. The van der Waals surface area contributed by atoms with Crippen molar-refractivity contribution in [3.05, 3.63) is 29.1 Å². The lowest BCUT2D eigenvalue weighted by molar-refractivity contribution is 0.400. The van der Waals surface area contributed by atoms with Gasteiger partial charge in [-0.2, -0.15) is 0 Å². The molecular formula is C11H16FNO. The normalized spacial score (nSPS) is 10.3. The van der Waals surface area contributed by atoms with Gasteiger partial charge >= 0.3 is 0 Å². The molecule has 0 heterocycles. The molecule has 14 heavy (non-hydrogen) atoms. The standard InChI is InChI=1S/C11H16FNO/c1-8-5-6-10(12)9(4-3-7-13)11(8)14-2/h5-6H,3-4,7,13H2,1-2H3. The van der Waals surface area contributed by atoms with Crippen molar-refractivity contribution < 1.29 is 9.13 Å². The number of ether oxygens (including phenoxy) is 1. The Balaban J connectivity index is 3.03. The Bertz CT molecular complexity index is 312. The number of aryl methyl sites for hydroxylation is 1. The van der Waals surface area contributed by atoms with Crippen molar-refractivity contribution in [1.82, 2.24) is 0 Å². The van der Waals surface area contributed by atoms with E-state index in [1.165, 1.54) is 6.07 Å². The van der Waals surface area contributed by atoms with Crippen molar-refractivity contribution in [2.24, 2.45) is 5.73 Å². The Morgan fingerprint density at radius 1 is 1.43 bits per heavy atom. The summed E-state index contributed by atoms with van der Waals surface area (Å²) in [6, 6.07) is 3.20. The van der Waals surface area contributed by atoms with Crippen LogP contribution < -0.4 is 10.5 Å². The molecule has 2 nitrogen and oxygen atoms in total. The van der Waals surface area contributed by atoms with Crippen LogP contribution in [0.2, 0.25) is 0 Å². The maximum atomic E-state index is 13.4. The molecular weight excluding hydrogens is 181 g/mol. The monoisotopic (exact) mass is 197 g/mol. The van der Waals surface area contributed by atoms with Gasteiger partial charge in [-0.25, -0.2) is 4.39 Å². The zero-order chi connectivity index (χ0) is 10.6. The third-order valence-corrected chi connectivity index (χ3v) is 2.24. The zero-order valence-corrected chi connectivity index (χ0v) is 8.64. The van der Waals surface area contributed by atoms with E-state index in [0.29, 0.717) is 24.3 Å². The van der Waals surface area contributed by atoms with Crippen LogP contribution in [0.4, 0.5) is 4.39 Å². The highest BCUT2D eigenvalue weighted by Gasteiger charge is 2.10. The topological polar surface area (TPSA) is 35.2 Å². The van der Waals surface area contributed by atoms with Gasteiger partial charge in [0.15, 0.2) is 0 Å². The Morgan fingerprint density at radius 3 is 2.71 bits per heavy atom. The summed E-state index contributed by atoms with van der Waals surface area (Å²) < 4.78 is 18.6. The van der Waals surface area contributed by atoms with Crippen LogP contribution in [-0.2, 0) is 6.42 Å². The minimum Gasteiger partial charge on any atom is -0.496 e. The van der Waals surface area contributed by atoms with E-state index in [4.69, 9.17) is 10.5 Å².